The number of anilines is 1. The van der Waals surface area contributed by atoms with Crippen molar-refractivity contribution < 1.29 is 17.9 Å². The van der Waals surface area contributed by atoms with E-state index in [4.69, 9.17) is 4.74 Å². The highest BCUT2D eigenvalue weighted by atomic mass is 32.2. The molecule has 0 bridgehead atoms. The predicted octanol–water partition coefficient (Wildman–Crippen LogP) is 2.89. The second-order valence-corrected chi connectivity index (χ2v) is 8.88. The molecule has 8 heteroatoms. The number of carbonyl (C=O) groups excluding carboxylic acids is 1. The maximum absolute atomic E-state index is 12.6. The van der Waals surface area contributed by atoms with Crippen molar-refractivity contribution in [3.63, 3.8) is 0 Å². The number of nitrogens with zero attached hydrogens (tertiary/aromatic N) is 1. The summed E-state index contributed by atoms with van der Waals surface area (Å²) in [7, 11) is -3.57. The van der Waals surface area contributed by atoms with Crippen LogP contribution < -0.4 is 19.7 Å². The first-order valence-electron chi connectivity index (χ1n) is 9.31. The largest absolute Gasteiger partial charge is 0.457 e. The Morgan fingerprint density at radius 1 is 1.25 bits per heavy atom. The van der Waals surface area contributed by atoms with Gasteiger partial charge in [0.2, 0.25) is 15.9 Å². The van der Waals surface area contributed by atoms with E-state index in [2.05, 4.69) is 14.9 Å². The van der Waals surface area contributed by atoms with Crippen LogP contribution in [-0.4, -0.2) is 27.0 Å². The van der Waals surface area contributed by atoms with Crippen LogP contribution in [0.25, 0.3) is 0 Å². The molecular weight excluding hydrogens is 378 g/mol. The minimum Gasteiger partial charge on any atom is -0.457 e. The standard InChI is InChI=1S/C20H23N3O4S/c1-13(21-14(2)24)15-5-3-6-16(11-15)27-17-8-9-18-19(12-17)28(25,26)22-20-7-4-10-23(18)20/h3,5-6,8-9,11-13,20,22H,4,7,10H2,1-2H3,(H,21,24). The average Bonchev–Trinajstić information content (AvgIpc) is 3.09. The number of rotatable bonds is 4. The van der Waals surface area contributed by atoms with Gasteiger partial charge in [-0.3, -0.25) is 4.79 Å². The first-order valence-corrected chi connectivity index (χ1v) is 10.8. The SMILES string of the molecule is CC(=O)NC(C)c1cccc(Oc2ccc3c(c2)S(=O)(=O)NC2CCCN32)c1. The third-order valence-electron chi connectivity index (χ3n) is 5.09. The Kier molecular flexibility index (Phi) is 4.76. The number of carbonyl (C=O) groups is 1. The Labute approximate surface area is 164 Å². The number of ether oxygens (including phenoxy) is 1. The van der Waals surface area contributed by atoms with Gasteiger partial charge in [0.25, 0.3) is 0 Å². The lowest BCUT2D eigenvalue weighted by Crippen LogP contribution is -2.48. The van der Waals surface area contributed by atoms with E-state index in [0.717, 1.165) is 30.6 Å². The van der Waals surface area contributed by atoms with E-state index in [0.29, 0.717) is 11.5 Å². The summed E-state index contributed by atoms with van der Waals surface area (Å²) in [4.78, 5) is 13.6. The van der Waals surface area contributed by atoms with Crippen LogP contribution in [-0.2, 0) is 14.8 Å². The number of sulfonamides is 1. The molecule has 0 aromatic heterocycles. The molecule has 1 fully saturated rings. The van der Waals surface area contributed by atoms with Gasteiger partial charge in [0.1, 0.15) is 16.4 Å². The van der Waals surface area contributed by atoms with Crippen LogP contribution in [0, 0.1) is 0 Å². The predicted molar refractivity (Wildman–Crippen MR) is 106 cm³/mol. The van der Waals surface area contributed by atoms with E-state index >= 15 is 0 Å². The smallest absolute Gasteiger partial charge is 0.244 e. The van der Waals surface area contributed by atoms with E-state index < -0.39 is 10.0 Å². The second-order valence-electron chi connectivity index (χ2n) is 7.20. The summed E-state index contributed by atoms with van der Waals surface area (Å²) in [6, 6.07) is 12.4. The second kappa shape index (κ2) is 7.10. The first kappa shape index (κ1) is 18.8. The fourth-order valence-electron chi connectivity index (χ4n) is 3.80. The topological polar surface area (TPSA) is 87.7 Å². The summed E-state index contributed by atoms with van der Waals surface area (Å²) in [6.45, 7) is 4.21. The molecule has 2 N–H and O–H groups in total. The number of amides is 1. The zero-order valence-corrected chi connectivity index (χ0v) is 16.6. The molecule has 2 unspecified atom stereocenters. The molecular formula is C20H23N3O4S. The van der Waals surface area contributed by atoms with Crippen molar-refractivity contribution in [2.24, 2.45) is 0 Å². The summed E-state index contributed by atoms with van der Waals surface area (Å²) in [6.07, 6.45) is 1.62. The van der Waals surface area contributed by atoms with Gasteiger partial charge in [0.15, 0.2) is 0 Å². The van der Waals surface area contributed by atoms with Crippen molar-refractivity contribution in [1.29, 1.82) is 0 Å². The Hall–Kier alpha value is -2.58. The summed E-state index contributed by atoms with van der Waals surface area (Å²) in [5, 5.41) is 2.84. The Balaban J connectivity index is 1.61. The number of benzene rings is 2. The van der Waals surface area contributed by atoms with E-state index in [1.165, 1.54) is 6.92 Å². The van der Waals surface area contributed by atoms with Crippen molar-refractivity contribution >= 4 is 21.6 Å². The molecule has 7 nitrogen and oxygen atoms in total. The molecule has 148 valence electrons. The van der Waals surface area contributed by atoms with E-state index in [1.807, 2.05) is 31.2 Å². The van der Waals surface area contributed by atoms with Crippen LogP contribution in [0.2, 0.25) is 0 Å². The van der Waals surface area contributed by atoms with Gasteiger partial charge in [-0.1, -0.05) is 12.1 Å². The van der Waals surface area contributed by atoms with E-state index in [1.54, 1.807) is 18.2 Å². The van der Waals surface area contributed by atoms with Gasteiger partial charge in [-0.05, 0) is 49.6 Å². The molecule has 0 saturated carbocycles. The van der Waals surface area contributed by atoms with Crippen LogP contribution in [0.3, 0.4) is 0 Å². The summed E-state index contributed by atoms with van der Waals surface area (Å²) in [5.41, 5.74) is 1.63. The van der Waals surface area contributed by atoms with Crippen molar-refractivity contribution in [1.82, 2.24) is 10.0 Å². The summed E-state index contributed by atoms with van der Waals surface area (Å²) < 4.78 is 33.9. The van der Waals surface area contributed by atoms with Gasteiger partial charge in [0.05, 0.1) is 17.9 Å². The lowest BCUT2D eigenvalue weighted by molar-refractivity contribution is -0.119. The van der Waals surface area contributed by atoms with Gasteiger partial charge in [-0.25, -0.2) is 8.42 Å². The number of fused-ring (bicyclic) bond motifs is 3. The van der Waals surface area contributed by atoms with E-state index in [9.17, 15) is 13.2 Å². The molecule has 0 aliphatic carbocycles. The van der Waals surface area contributed by atoms with Crippen molar-refractivity contribution in [3.05, 3.63) is 48.0 Å². The molecule has 2 atom stereocenters. The number of hydrogen-bond acceptors (Lipinski definition) is 5. The van der Waals surface area contributed by atoms with Crippen molar-refractivity contribution in [3.8, 4) is 11.5 Å². The van der Waals surface area contributed by atoms with Crippen LogP contribution in [0.5, 0.6) is 11.5 Å². The Morgan fingerprint density at radius 2 is 2.04 bits per heavy atom. The zero-order valence-electron chi connectivity index (χ0n) is 15.8. The zero-order chi connectivity index (χ0) is 19.9. The fourth-order valence-corrected chi connectivity index (χ4v) is 5.26. The lowest BCUT2D eigenvalue weighted by atomic mass is 10.1. The van der Waals surface area contributed by atoms with Crippen LogP contribution in [0.1, 0.15) is 38.3 Å². The monoisotopic (exact) mass is 401 g/mol. The quantitative estimate of drug-likeness (QED) is 0.823. The number of hydrogen-bond donors (Lipinski definition) is 2. The maximum Gasteiger partial charge on any atom is 0.244 e. The highest BCUT2D eigenvalue weighted by Crippen LogP contribution is 2.38. The fraction of sp³-hybridized carbons (Fsp3) is 0.350. The molecule has 1 saturated heterocycles. The van der Waals surface area contributed by atoms with Gasteiger partial charge in [0, 0.05) is 19.5 Å². The summed E-state index contributed by atoms with van der Waals surface area (Å²) >= 11 is 0. The normalized spacial score (nSPS) is 20.8. The van der Waals surface area contributed by atoms with Crippen LogP contribution in [0.15, 0.2) is 47.4 Å². The van der Waals surface area contributed by atoms with Gasteiger partial charge in [-0.2, -0.15) is 4.72 Å². The molecule has 2 aromatic rings. The molecule has 2 heterocycles. The van der Waals surface area contributed by atoms with Crippen LogP contribution in [0.4, 0.5) is 5.69 Å². The van der Waals surface area contributed by atoms with Crippen LogP contribution >= 0.6 is 0 Å². The third kappa shape index (κ3) is 3.57. The number of nitrogens with one attached hydrogen (secondary N) is 2. The van der Waals surface area contributed by atoms with Gasteiger partial charge in [-0.15, -0.1) is 0 Å². The highest BCUT2D eigenvalue weighted by Gasteiger charge is 2.37. The minimum absolute atomic E-state index is 0.105. The van der Waals surface area contributed by atoms with E-state index in [-0.39, 0.29) is 23.0 Å². The molecule has 4 rings (SSSR count). The molecule has 2 aliphatic heterocycles. The Morgan fingerprint density at radius 3 is 2.82 bits per heavy atom. The molecule has 0 radical (unpaired) electrons. The average molecular weight is 401 g/mol. The minimum atomic E-state index is -3.57. The lowest BCUT2D eigenvalue weighted by Gasteiger charge is -2.33. The molecule has 1 amide bonds. The summed E-state index contributed by atoms with van der Waals surface area (Å²) in [5.74, 6) is 0.924. The molecule has 2 aliphatic rings. The molecule has 0 spiro atoms. The van der Waals surface area contributed by atoms with Crippen molar-refractivity contribution in [2.45, 2.75) is 43.8 Å². The highest BCUT2D eigenvalue weighted by molar-refractivity contribution is 7.89. The third-order valence-corrected chi connectivity index (χ3v) is 6.58. The first-order chi connectivity index (χ1) is 13.3. The molecule has 28 heavy (non-hydrogen) atoms. The van der Waals surface area contributed by atoms with Gasteiger partial charge < -0.3 is 15.0 Å². The Bertz CT molecular complexity index is 1020. The molecule has 2 aromatic carbocycles. The van der Waals surface area contributed by atoms with Crippen molar-refractivity contribution in [2.75, 3.05) is 11.4 Å². The maximum atomic E-state index is 12.6. The van der Waals surface area contributed by atoms with Gasteiger partial charge >= 0.3 is 0 Å².